The van der Waals surface area contributed by atoms with Crippen molar-refractivity contribution in [3.05, 3.63) is 34.9 Å². The Morgan fingerprint density at radius 3 is 2.76 bits per heavy atom. The Labute approximate surface area is 130 Å². The number of benzene rings is 1. The van der Waals surface area contributed by atoms with Crippen LogP contribution in [0, 0.1) is 12.7 Å². The van der Waals surface area contributed by atoms with Gasteiger partial charge in [-0.2, -0.15) is 0 Å². The van der Waals surface area contributed by atoms with Crippen molar-refractivity contribution in [1.29, 1.82) is 0 Å². The van der Waals surface area contributed by atoms with E-state index in [-0.39, 0.29) is 16.2 Å². The van der Waals surface area contributed by atoms with Gasteiger partial charge < -0.3 is 9.88 Å². The molecular weight excluding hydrogens is 315 g/mol. The molecule has 112 valence electrons. The second kappa shape index (κ2) is 6.44. The summed E-state index contributed by atoms with van der Waals surface area (Å²) in [5, 5.41) is 10.9. The van der Waals surface area contributed by atoms with E-state index in [1.165, 1.54) is 30.0 Å². The highest BCUT2D eigenvalue weighted by atomic mass is 35.5. The number of aryl methyl sites for hydroxylation is 1. The Kier molecular flexibility index (Phi) is 4.84. The highest BCUT2D eigenvalue weighted by Crippen LogP contribution is 2.24. The van der Waals surface area contributed by atoms with E-state index in [2.05, 4.69) is 15.5 Å². The van der Waals surface area contributed by atoms with E-state index >= 15 is 0 Å². The van der Waals surface area contributed by atoms with Gasteiger partial charge in [0.15, 0.2) is 5.16 Å². The molecule has 1 aromatic carbocycles. The molecule has 8 heteroatoms. The lowest BCUT2D eigenvalue weighted by molar-refractivity contribution is -0.115. The van der Waals surface area contributed by atoms with E-state index in [0.717, 1.165) is 5.82 Å². The Morgan fingerprint density at radius 1 is 1.48 bits per heavy atom. The van der Waals surface area contributed by atoms with E-state index in [9.17, 15) is 9.18 Å². The smallest absolute Gasteiger partial charge is 0.237 e. The lowest BCUT2D eigenvalue weighted by atomic mass is 10.3. The van der Waals surface area contributed by atoms with Crippen molar-refractivity contribution in [2.45, 2.75) is 24.3 Å². The quantitative estimate of drug-likeness (QED) is 0.876. The Bertz CT molecular complexity index is 676. The Balaban J connectivity index is 2.02. The van der Waals surface area contributed by atoms with Gasteiger partial charge in [-0.25, -0.2) is 4.39 Å². The maximum Gasteiger partial charge on any atom is 0.237 e. The molecule has 0 radical (unpaired) electrons. The minimum absolute atomic E-state index is 0.0305. The van der Waals surface area contributed by atoms with Gasteiger partial charge in [-0.3, -0.25) is 4.79 Å². The van der Waals surface area contributed by atoms with Crippen LogP contribution in [-0.4, -0.2) is 25.9 Å². The van der Waals surface area contributed by atoms with Gasteiger partial charge in [0.25, 0.3) is 0 Å². The zero-order valence-corrected chi connectivity index (χ0v) is 13.3. The number of carbonyl (C=O) groups is 1. The number of amides is 1. The molecule has 1 amide bonds. The first-order chi connectivity index (χ1) is 9.88. The molecule has 1 atom stereocenters. The van der Waals surface area contributed by atoms with Gasteiger partial charge >= 0.3 is 0 Å². The molecule has 1 N–H and O–H groups in total. The summed E-state index contributed by atoms with van der Waals surface area (Å²) in [7, 11) is 1.84. The fourth-order valence-corrected chi connectivity index (χ4v) is 2.56. The zero-order valence-electron chi connectivity index (χ0n) is 11.7. The van der Waals surface area contributed by atoms with E-state index in [0.29, 0.717) is 10.8 Å². The maximum atomic E-state index is 13.1. The maximum absolute atomic E-state index is 13.1. The summed E-state index contributed by atoms with van der Waals surface area (Å²) < 4.78 is 14.9. The fraction of sp³-hybridized carbons (Fsp3) is 0.308. The molecule has 0 fully saturated rings. The third kappa shape index (κ3) is 3.74. The van der Waals surface area contributed by atoms with Gasteiger partial charge in [0.05, 0.1) is 10.3 Å². The van der Waals surface area contributed by atoms with Crippen LogP contribution in [0.15, 0.2) is 23.4 Å². The van der Waals surface area contributed by atoms with Crippen LogP contribution in [0.3, 0.4) is 0 Å². The molecule has 2 aromatic rings. The molecule has 2 rings (SSSR count). The van der Waals surface area contributed by atoms with Crippen LogP contribution in [0.4, 0.5) is 10.1 Å². The second-order valence-corrected chi connectivity index (χ2v) is 6.18. The average Bonchev–Trinajstić information content (AvgIpc) is 2.75. The number of anilines is 1. The van der Waals surface area contributed by atoms with Gasteiger partial charge in [0.2, 0.25) is 5.91 Å². The molecule has 0 aliphatic rings. The van der Waals surface area contributed by atoms with Crippen LogP contribution in [0.2, 0.25) is 5.02 Å². The monoisotopic (exact) mass is 328 g/mol. The third-order valence-corrected chi connectivity index (χ3v) is 4.31. The third-order valence-electron chi connectivity index (χ3n) is 2.89. The first-order valence-electron chi connectivity index (χ1n) is 6.17. The number of thioether (sulfide) groups is 1. The number of hydrogen-bond donors (Lipinski definition) is 1. The first kappa shape index (κ1) is 15.8. The number of nitrogens with zero attached hydrogens (tertiary/aromatic N) is 3. The van der Waals surface area contributed by atoms with Crippen molar-refractivity contribution in [3.63, 3.8) is 0 Å². The van der Waals surface area contributed by atoms with Crippen LogP contribution >= 0.6 is 23.4 Å². The summed E-state index contributed by atoms with van der Waals surface area (Å²) in [6.45, 7) is 3.59. The van der Waals surface area contributed by atoms with Crippen molar-refractivity contribution in [3.8, 4) is 0 Å². The van der Waals surface area contributed by atoms with E-state index in [1.54, 1.807) is 6.92 Å². The van der Waals surface area contributed by atoms with Crippen molar-refractivity contribution in [2.24, 2.45) is 7.05 Å². The molecular formula is C13H14ClFN4OS. The minimum Gasteiger partial charge on any atom is -0.325 e. The number of carbonyl (C=O) groups excluding carboxylic acids is 1. The minimum atomic E-state index is -0.522. The molecule has 0 aliphatic carbocycles. The van der Waals surface area contributed by atoms with Crippen molar-refractivity contribution in [1.82, 2.24) is 14.8 Å². The van der Waals surface area contributed by atoms with Crippen LogP contribution in [-0.2, 0) is 11.8 Å². The molecule has 21 heavy (non-hydrogen) atoms. The summed E-state index contributed by atoms with van der Waals surface area (Å²) in [5.74, 6) is 0.0328. The Hall–Kier alpha value is -1.60. The number of hydrogen-bond acceptors (Lipinski definition) is 4. The number of halogens is 2. The van der Waals surface area contributed by atoms with E-state index < -0.39 is 5.82 Å². The van der Waals surface area contributed by atoms with E-state index in [4.69, 9.17) is 11.6 Å². The van der Waals surface area contributed by atoms with Crippen LogP contribution in [0.25, 0.3) is 0 Å². The van der Waals surface area contributed by atoms with Gasteiger partial charge in [-0.15, -0.1) is 10.2 Å². The normalized spacial score (nSPS) is 12.2. The molecule has 0 saturated carbocycles. The molecule has 0 spiro atoms. The molecule has 5 nitrogen and oxygen atoms in total. The van der Waals surface area contributed by atoms with Gasteiger partial charge in [0.1, 0.15) is 11.6 Å². The zero-order chi connectivity index (χ0) is 15.6. The molecule has 1 heterocycles. The largest absolute Gasteiger partial charge is 0.325 e. The molecule has 1 aromatic heterocycles. The number of aromatic nitrogens is 3. The summed E-state index contributed by atoms with van der Waals surface area (Å²) in [4.78, 5) is 12.1. The van der Waals surface area contributed by atoms with Crippen LogP contribution in [0.1, 0.15) is 12.7 Å². The number of nitrogens with one attached hydrogen (secondary N) is 1. The summed E-state index contributed by atoms with van der Waals surface area (Å²) in [5.41, 5.74) is 0.452. The molecule has 0 unspecified atom stereocenters. The van der Waals surface area contributed by atoms with Gasteiger partial charge in [-0.1, -0.05) is 23.4 Å². The summed E-state index contributed by atoms with van der Waals surface area (Å²) in [6, 6.07) is 4.05. The number of rotatable bonds is 4. The summed E-state index contributed by atoms with van der Waals surface area (Å²) in [6.07, 6.45) is 0. The highest BCUT2D eigenvalue weighted by Gasteiger charge is 2.18. The van der Waals surface area contributed by atoms with Crippen LogP contribution < -0.4 is 5.32 Å². The predicted octanol–water partition coefficient (Wildman–Crippen LogP) is 3.04. The second-order valence-electron chi connectivity index (χ2n) is 4.47. The van der Waals surface area contributed by atoms with Crippen molar-refractivity contribution >= 4 is 35.0 Å². The first-order valence-corrected chi connectivity index (χ1v) is 7.43. The standard InChI is InChI=1S/C13H14ClFN4OS/c1-7(21-13-18-17-8(2)19(13)3)12(20)16-9-4-5-11(15)10(14)6-9/h4-7H,1-3H3,(H,16,20)/t7-/m0/s1. The Morgan fingerprint density at radius 2 is 2.19 bits per heavy atom. The predicted molar refractivity (Wildman–Crippen MR) is 81.1 cm³/mol. The van der Waals surface area contributed by atoms with Gasteiger partial charge in [-0.05, 0) is 32.0 Å². The lowest BCUT2D eigenvalue weighted by Gasteiger charge is -2.11. The van der Waals surface area contributed by atoms with Crippen LogP contribution in [0.5, 0.6) is 0 Å². The highest BCUT2D eigenvalue weighted by molar-refractivity contribution is 8.00. The molecule has 0 bridgehead atoms. The molecule has 0 aliphatic heterocycles. The van der Waals surface area contributed by atoms with Crippen molar-refractivity contribution < 1.29 is 9.18 Å². The average molecular weight is 329 g/mol. The van der Waals surface area contributed by atoms with E-state index in [1.807, 2.05) is 18.5 Å². The lowest BCUT2D eigenvalue weighted by Crippen LogP contribution is -2.22. The fourth-order valence-electron chi connectivity index (χ4n) is 1.52. The SMILES string of the molecule is Cc1nnc(S[C@@H](C)C(=O)Nc2ccc(F)c(Cl)c2)n1C. The van der Waals surface area contributed by atoms with Gasteiger partial charge in [0, 0.05) is 12.7 Å². The summed E-state index contributed by atoms with van der Waals surface area (Å²) >= 11 is 6.97. The molecule has 0 saturated heterocycles. The topological polar surface area (TPSA) is 59.8 Å². The van der Waals surface area contributed by atoms with Crippen molar-refractivity contribution in [2.75, 3.05) is 5.32 Å².